The highest BCUT2D eigenvalue weighted by atomic mass is 35.6. The molecule has 1 aromatic rings. The van der Waals surface area contributed by atoms with Crippen LogP contribution in [0.4, 0.5) is 11.8 Å². The number of nitrogens with zero attached hydrogens (tertiary/aromatic N) is 3. The van der Waals surface area contributed by atoms with Crippen molar-refractivity contribution in [3.05, 3.63) is 11.8 Å². The van der Waals surface area contributed by atoms with Crippen LogP contribution in [0.1, 0.15) is 5.69 Å². The van der Waals surface area contributed by atoms with E-state index in [1.165, 1.54) is 16.8 Å². The lowest BCUT2D eigenvalue weighted by atomic mass is 10.4. The second kappa shape index (κ2) is 6.90. The van der Waals surface area contributed by atoms with Crippen molar-refractivity contribution in [3.8, 4) is 0 Å². The summed E-state index contributed by atoms with van der Waals surface area (Å²) < 4.78 is -1.40. The number of thiocarbonyl (C=S) groups is 1. The highest BCUT2D eigenvalue weighted by molar-refractivity contribution is 8.24. The number of aliphatic hydroxyl groups excluding tert-OH is 1. The Balaban J connectivity index is 2.16. The van der Waals surface area contributed by atoms with Crippen LogP contribution in [0.25, 0.3) is 0 Å². The molecule has 22 heavy (non-hydrogen) atoms. The molecule has 0 aliphatic carbocycles. The molecule has 2 rings (SSSR count). The molecule has 0 amide bonds. The number of thioether (sulfide) groups is 1. The minimum atomic E-state index is -1.92. The summed E-state index contributed by atoms with van der Waals surface area (Å²) in [5, 5.41) is 21.4. The van der Waals surface area contributed by atoms with Gasteiger partial charge in [-0.1, -0.05) is 58.8 Å². The third-order valence-electron chi connectivity index (χ3n) is 2.44. The maximum Gasteiger partial charge on any atom is 0.234 e. The fourth-order valence-corrected chi connectivity index (χ4v) is 2.66. The number of hydrogen-bond donors (Lipinski definition) is 4. The van der Waals surface area contributed by atoms with Crippen LogP contribution in [0, 0.1) is 12.3 Å². The van der Waals surface area contributed by atoms with E-state index in [1.54, 1.807) is 13.0 Å². The van der Waals surface area contributed by atoms with Crippen molar-refractivity contribution >= 4 is 80.7 Å². The molecule has 0 aromatic carbocycles. The predicted molar refractivity (Wildman–Crippen MR) is 94.9 cm³/mol. The number of aliphatic hydroxyl groups is 1. The molecule has 1 aliphatic heterocycles. The van der Waals surface area contributed by atoms with Gasteiger partial charge in [0.2, 0.25) is 9.74 Å². The molecule has 1 aliphatic rings. The van der Waals surface area contributed by atoms with Gasteiger partial charge in [0.05, 0.1) is 5.75 Å². The van der Waals surface area contributed by atoms with Crippen LogP contribution in [-0.4, -0.2) is 46.0 Å². The Bertz CT molecular complexity index is 595. The van der Waals surface area contributed by atoms with Crippen molar-refractivity contribution in [2.45, 2.75) is 16.9 Å². The molecule has 0 saturated carbocycles. The molecule has 120 valence electrons. The van der Waals surface area contributed by atoms with E-state index in [0.29, 0.717) is 27.4 Å². The van der Waals surface area contributed by atoms with Gasteiger partial charge in [0.1, 0.15) is 5.84 Å². The Labute approximate surface area is 151 Å². The Kier molecular flexibility index (Phi) is 5.57. The first kappa shape index (κ1) is 17.8. The monoisotopic (exact) mass is 400 g/mol. The van der Waals surface area contributed by atoms with Gasteiger partial charge in [0.15, 0.2) is 16.4 Å². The zero-order valence-electron chi connectivity index (χ0n) is 11.1. The molecule has 0 bridgehead atoms. The standard InChI is InChI=1S/C10H11Cl3N6OS2/c1-4-2-6(18-19-5(14)3-22-9(19)21)16-8(15-4)17-7(20)10(11,12)13/h2,7,14,20H,3H2,1H3,(H2,15,16,17,18)/t7-/m1/s1. The highest BCUT2D eigenvalue weighted by Crippen LogP contribution is 2.30. The molecular formula is C10H11Cl3N6OS2. The smallest absolute Gasteiger partial charge is 0.234 e. The van der Waals surface area contributed by atoms with Crippen LogP contribution in [0.2, 0.25) is 0 Å². The summed E-state index contributed by atoms with van der Waals surface area (Å²) in [5.74, 6) is 1.28. The van der Waals surface area contributed by atoms with Gasteiger partial charge in [-0.25, -0.2) is 9.99 Å². The van der Waals surface area contributed by atoms with E-state index in [1.807, 2.05) is 0 Å². The largest absolute Gasteiger partial charge is 0.369 e. The molecule has 2 heterocycles. The van der Waals surface area contributed by atoms with Crippen molar-refractivity contribution in [3.63, 3.8) is 0 Å². The molecule has 4 N–H and O–H groups in total. The highest BCUT2D eigenvalue weighted by Gasteiger charge is 2.31. The number of aromatic nitrogens is 2. The Hall–Kier alpha value is -0.580. The van der Waals surface area contributed by atoms with Crippen LogP contribution in [0.3, 0.4) is 0 Å². The van der Waals surface area contributed by atoms with E-state index in [-0.39, 0.29) is 5.95 Å². The predicted octanol–water partition coefficient (Wildman–Crippen LogP) is 2.52. The second-order valence-electron chi connectivity index (χ2n) is 4.26. The van der Waals surface area contributed by atoms with E-state index >= 15 is 0 Å². The van der Waals surface area contributed by atoms with E-state index < -0.39 is 10.0 Å². The van der Waals surface area contributed by atoms with E-state index in [9.17, 15) is 5.11 Å². The van der Waals surface area contributed by atoms with Gasteiger partial charge in [0.25, 0.3) is 0 Å². The van der Waals surface area contributed by atoms with E-state index in [4.69, 9.17) is 52.4 Å². The minimum absolute atomic E-state index is 0.0747. The van der Waals surface area contributed by atoms with Gasteiger partial charge in [-0.2, -0.15) is 4.98 Å². The van der Waals surface area contributed by atoms with Crippen LogP contribution in [0.15, 0.2) is 6.07 Å². The third-order valence-corrected chi connectivity index (χ3v) is 4.44. The van der Waals surface area contributed by atoms with E-state index in [2.05, 4.69) is 20.7 Å². The topological polar surface area (TPSA) is 97.2 Å². The number of anilines is 2. The summed E-state index contributed by atoms with van der Waals surface area (Å²) in [6, 6.07) is 1.66. The van der Waals surface area contributed by atoms with Crippen molar-refractivity contribution < 1.29 is 5.11 Å². The first-order chi connectivity index (χ1) is 10.2. The number of alkyl halides is 3. The Morgan fingerprint density at radius 1 is 1.50 bits per heavy atom. The Morgan fingerprint density at radius 3 is 2.73 bits per heavy atom. The normalized spacial score (nSPS) is 16.9. The lowest BCUT2D eigenvalue weighted by Crippen LogP contribution is -2.35. The zero-order chi connectivity index (χ0) is 16.5. The van der Waals surface area contributed by atoms with Crippen molar-refractivity contribution in [2.75, 3.05) is 16.5 Å². The number of nitrogens with one attached hydrogen (secondary N) is 3. The molecule has 0 radical (unpaired) electrons. The van der Waals surface area contributed by atoms with Crippen LogP contribution >= 0.6 is 58.8 Å². The fraction of sp³-hybridized carbons (Fsp3) is 0.400. The van der Waals surface area contributed by atoms with Crippen molar-refractivity contribution in [2.24, 2.45) is 0 Å². The molecule has 1 aromatic heterocycles. The van der Waals surface area contributed by atoms with Gasteiger partial charge < -0.3 is 10.4 Å². The van der Waals surface area contributed by atoms with E-state index in [0.717, 1.165) is 0 Å². The molecule has 1 saturated heterocycles. The average molecular weight is 402 g/mol. The van der Waals surface area contributed by atoms with Gasteiger partial charge in [-0.05, 0) is 6.92 Å². The summed E-state index contributed by atoms with van der Waals surface area (Å²) in [7, 11) is 0. The molecule has 7 nitrogen and oxygen atoms in total. The summed E-state index contributed by atoms with van der Waals surface area (Å²) in [5.41, 5.74) is 3.52. The number of aryl methyl sites for hydroxylation is 1. The average Bonchev–Trinajstić information content (AvgIpc) is 2.69. The molecule has 0 spiro atoms. The molecular weight excluding hydrogens is 391 g/mol. The first-order valence-electron chi connectivity index (χ1n) is 5.85. The summed E-state index contributed by atoms with van der Waals surface area (Å²) in [4.78, 5) is 8.23. The number of amidine groups is 1. The second-order valence-corrected chi connectivity index (χ2v) is 8.23. The van der Waals surface area contributed by atoms with Crippen LogP contribution < -0.4 is 10.7 Å². The number of hydrogen-bond acceptors (Lipinski definition) is 8. The number of halogens is 3. The molecule has 12 heteroatoms. The number of hydrazine groups is 1. The maximum atomic E-state index is 9.71. The summed E-state index contributed by atoms with van der Waals surface area (Å²) in [6.45, 7) is 1.74. The lowest BCUT2D eigenvalue weighted by molar-refractivity contribution is 0.207. The SMILES string of the molecule is Cc1cc(NN2C(=N)CSC2=S)nc(N[C@H](O)C(Cl)(Cl)Cl)n1. The summed E-state index contributed by atoms with van der Waals surface area (Å²) >= 11 is 23.2. The molecule has 1 fully saturated rings. The minimum Gasteiger partial charge on any atom is -0.369 e. The van der Waals surface area contributed by atoms with Gasteiger partial charge in [0, 0.05) is 11.8 Å². The van der Waals surface area contributed by atoms with Gasteiger partial charge >= 0.3 is 0 Å². The molecule has 0 unspecified atom stereocenters. The zero-order valence-corrected chi connectivity index (χ0v) is 15.0. The van der Waals surface area contributed by atoms with Crippen molar-refractivity contribution in [1.29, 1.82) is 5.41 Å². The van der Waals surface area contributed by atoms with Gasteiger partial charge in [-0.3, -0.25) is 10.8 Å². The lowest BCUT2D eigenvalue weighted by Gasteiger charge is -2.22. The van der Waals surface area contributed by atoms with Crippen LogP contribution in [0.5, 0.6) is 0 Å². The van der Waals surface area contributed by atoms with Gasteiger partial charge in [-0.15, -0.1) is 0 Å². The molecule has 1 atom stereocenters. The summed E-state index contributed by atoms with van der Waals surface area (Å²) in [6.07, 6.45) is -1.48. The van der Waals surface area contributed by atoms with Crippen LogP contribution in [-0.2, 0) is 0 Å². The fourth-order valence-electron chi connectivity index (χ4n) is 1.49. The first-order valence-corrected chi connectivity index (χ1v) is 8.37. The Morgan fingerprint density at radius 2 is 2.18 bits per heavy atom. The van der Waals surface area contributed by atoms with Crippen molar-refractivity contribution in [1.82, 2.24) is 15.0 Å². The third kappa shape index (κ3) is 4.46. The number of rotatable bonds is 4. The quantitative estimate of drug-likeness (QED) is 0.347. The maximum absolute atomic E-state index is 9.71.